The molecule has 26 heavy (non-hydrogen) atoms. The van der Waals surface area contributed by atoms with Crippen molar-refractivity contribution in [2.45, 2.75) is 52.7 Å². The lowest BCUT2D eigenvalue weighted by Gasteiger charge is -2.14. The van der Waals surface area contributed by atoms with Gasteiger partial charge < -0.3 is 14.8 Å². The zero-order valence-corrected chi connectivity index (χ0v) is 16.9. The van der Waals surface area contributed by atoms with Gasteiger partial charge in [-0.05, 0) is 37.1 Å². The van der Waals surface area contributed by atoms with Gasteiger partial charge in [0.2, 0.25) is 0 Å². The predicted octanol–water partition coefficient (Wildman–Crippen LogP) is 5.91. The Hall–Kier alpha value is -1.71. The minimum atomic E-state index is 0.489. The summed E-state index contributed by atoms with van der Waals surface area (Å²) < 4.78 is 11.4. The number of hydrogen-bond acceptors (Lipinski definition) is 3. The van der Waals surface area contributed by atoms with Crippen LogP contribution in [0.3, 0.4) is 0 Å². The van der Waals surface area contributed by atoms with E-state index >= 15 is 0 Å². The summed E-state index contributed by atoms with van der Waals surface area (Å²) >= 11 is 6.45. The second-order valence-electron chi connectivity index (χ2n) is 6.61. The van der Waals surface area contributed by atoms with Crippen LogP contribution < -0.4 is 14.8 Å². The fourth-order valence-electron chi connectivity index (χ4n) is 2.85. The van der Waals surface area contributed by atoms with E-state index in [9.17, 15) is 0 Å². The fraction of sp³-hybridized carbons (Fsp3) is 0.455. The molecule has 0 heterocycles. The summed E-state index contributed by atoms with van der Waals surface area (Å²) in [5.74, 6) is 1.38. The molecular weight excluding hydrogens is 346 g/mol. The van der Waals surface area contributed by atoms with Crippen molar-refractivity contribution >= 4 is 11.6 Å². The molecule has 2 aromatic rings. The maximum Gasteiger partial charge on any atom is 0.163 e. The van der Waals surface area contributed by atoms with Gasteiger partial charge in [-0.1, -0.05) is 67.6 Å². The molecule has 1 N–H and O–H groups in total. The number of aryl methyl sites for hydroxylation is 1. The van der Waals surface area contributed by atoms with Crippen LogP contribution in [0.5, 0.6) is 11.5 Å². The van der Waals surface area contributed by atoms with E-state index in [2.05, 4.69) is 37.4 Å². The Kier molecular flexibility index (Phi) is 8.79. The molecule has 2 rings (SSSR count). The maximum absolute atomic E-state index is 6.45. The third-order valence-electron chi connectivity index (χ3n) is 4.33. The Bertz CT molecular complexity index is 688. The van der Waals surface area contributed by atoms with E-state index in [4.69, 9.17) is 21.1 Å². The summed E-state index contributed by atoms with van der Waals surface area (Å²) in [7, 11) is 1.66. The number of benzene rings is 2. The van der Waals surface area contributed by atoms with Crippen LogP contribution in [0.2, 0.25) is 5.02 Å². The Labute approximate surface area is 162 Å². The van der Waals surface area contributed by atoms with Crippen molar-refractivity contribution < 1.29 is 9.47 Å². The molecule has 0 unspecified atom stereocenters. The molecule has 0 atom stereocenters. The molecule has 0 aliphatic heterocycles. The number of unbranched alkanes of at least 4 members (excludes halogenated alkanes) is 3. The molecule has 0 aliphatic carbocycles. The molecule has 142 valence electrons. The van der Waals surface area contributed by atoms with Gasteiger partial charge in [0.15, 0.2) is 11.5 Å². The molecule has 0 spiro atoms. The first-order valence-corrected chi connectivity index (χ1v) is 9.77. The number of ether oxygens (including phenoxy) is 2. The van der Waals surface area contributed by atoms with Gasteiger partial charge in [0, 0.05) is 17.6 Å². The van der Waals surface area contributed by atoms with Crippen molar-refractivity contribution in [1.82, 2.24) is 5.32 Å². The van der Waals surface area contributed by atoms with Crippen LogP contribution in [0.15, 0.2) is 36.4 Å². The summed E-state index contributed by atoms with van der Waals surface area (Å²) in [6, 6.07) is 12.1. The average molecular weight is 376 g/mol. The SMILES string of the molecule is CCCCCCNCc1cc(OC)c(OCc2cccc(C)c2)cc1Cl. The van der Waals surface area contributed by atoms with Crippen LogP contribution in [0.1, 0.15) is 49.3 Å². The van der Waals surface area contributed by atoms with E-state index in [1.165, 1.54) is 31.2 Å². The van der Waals surface area contributed by atoms with E-state index < -0.39 is 0 Å². The van der Waals surface area contributed by atoms with Crippen molar-refractivity contribution in [2.75, 3.05) is 13.7 Å². The molecule has 0 saturated heterocycles. The number of rotatable bonds is 11. The van der Waals surface area contributed by atoms with Crippen molar-refractivity contribution in [3.05, 3.63) is 58.1 Å². The first-order valence-electron chi connectivity index (χ1n) is 9.39. The highest BCUT2D eigenvalue weighted by atomic mass is 35.5. The standard InChI is InChI=1S/C22H30ClNO2/c1-4-5-6-7-11-24-15-19-13-21(25-3)22(14-20(19)23)26-16-18-10-8-9-17(2)12-18/h8-10,12-14,24H,4-7,11,15-16H2,1-3H3. The molecule has 4 heteroatoms. The Balaban J connectivity index is 1.95. The van der Waals surface area contributed by atoms with Gasteiger partial charge in [-0.15, -0.1) is 0 Å². The Morgan fingerprint density at radius 1 is 1.04 bits per heavy atom. The fourth-order valence-corrected chi connectivity index (χ4v) is 3.07. The molecule has 0 bridgehead atoms. The zero-order valence-electron chi connectivity index (χ0n) is 16.1. The van der Waals surface area contributed by atoms with Gasteiger partial charge in [-0.3, -0.25) is 0 Å². The first kappa shape index (κ1) is 20.6. The largest absolute Gasteiger partial charge is 0.493 e. The molecule has 0 aromatic heterocycles. The second kappa shape index (κ2) is 11.1. The topological polar surface area (TPSA) is 30.5 Å². The van der Waals surface area contributed by atoms with Crippen molar-refractivity contribution in [3.63, 3.8) is 0 Å². The van der Waals surface area contributed by atoms with Crippen LogP contribution in [-0.2, 0) is 13.2 Å². The molecule has 2 aromatic carbocycles. The first-order chi connectivity index (χ1) is 12.6. The second-order valence-corrected chi connectivity index (χ2v) is 7.02. The third kappa shape index (κ3) is 6.54. The quantitative estimate of drug-likeness (QED) is 0.495. The van der Waals surface area contributed by atoms with Gasteiger partial charge in [0.05, 0.1) is 7.11 Å². The van der Waals surface area contributed by atoms with Gasteiger partial charge in [-0.2, -0.15) is 0 Å². The summed E-state index contributed by atoms with van der Waals surface area (Å²) in [5.41, 5.74) is 3.37. The van der Waals surface area contributed by atoms with Gasteiger partial charge >= 0.3 is 0 Å². The highest BCUT2D eigenvalue weighted by molar-refractivity contribution is 6.31. The van der Waals surface area contributed by atoms with E-state index in [-0.39, 0.29) is 0 Å². The monoisotopic (exact) mass is 375 g/mol. The molecule has 3 nitrogen and oxygen atoms in total. The summed E-state index contributed by atoms with van der Waals surface area (Å²) in [5, 5.41) is 4.16. The third-order valence-corrected chi connectivity index (χ3v) is 4.68. The normalized spacial score (nSPS) is 10.8. The van der Waals surface area contributed by atoms with Crippen molar-refractivity contribution in [3.8, 4) is 11.5 Å². The maximum atomic E-state index is 6.45. The zero-order chi connectivity index (χ0) is 18.8. The smallest absolute Gasteiger partial charge is 0.163 e. The molecule has 0 fully saturated rings. The van der Waals surface area contributed by atoms with Gasteiger partial charge in [0.25, 0.3) is 0 Å². The minimum Gasteiger partial charge on any atom is -0.493 e. The number of hydrogen-bond donors (Lipinski definition) is 1. The molecular formula is C22H30ClNO2. The van der Waals surface area contributed by atoms with Crippen LogP contribution in [0.25, 0.3) is 0 Å². The Morgan fingerprint density at radius 3 is 2.62 bits per heavy atom. The highest BCUT2D eigenvalue weighted by Crippen LogP contribution is 2.34. The van der Waals surface area contributed by atoms with Crippen LogP contribution in [-0.4, -0.2) is 13.7 Å². The number of halogens is 1. The number of nitrogens with one attached hydrogen (secondary N) is 1. The van der Waals surface area contributed by atoms with E-state index in [1.807, 2.05) is 18.2 Å². The summed E-state index contributed by atoms with van der Waals surface area (Å²) in [4.78, 5) is 0. The lowest BCUT2D eigenvalue weighted by molar-refractivity contribution is 0.284. The summed E-state index contributed by atoms with van der Waals surface area (Å²) in [6.07, 6.45) is 5.02. The van der Waals surface area contributed by atoms with E-state index in [1.54, 1.807) is 7.11 Å². The van der Waals surface area contributed by atoms with Gasteiger partial charge in [-0.25, -0.2) is 0 Å². The van der Waals surface area contributed by atoms with Crippen molar-refractivity contribution in [1.29, 1.82) is 0 Å². The van der Waals surface area contributed by atoms with Crippen LogP contribution >= 0.6 is 11.6 Å². The predicted molar refractivity (Wildman–Crippen MR) is 109 cm³/mol. The average Bonchev–Trinajstić information content (AvgIpc) is 2.64. The number of methoxy groups -OCH3 is 1. The summed E-state index contributed by atoms with van der Waals surface area (Å²) in [6.45, 7) is 6.53. The molecule has 0 amide bonds. The van der Waals surface area contributed by atoms with Crippen LogP contribution in [0, 0.1) is 6.92 Å². The van der Waals surface area contributed by atoms with Crippen molar-refractivity contribution in [2.24, 2.45) is 0 Å². The highest BCUT2D eigenvalue weighted by Gasteiger charge is 2.11. The molecule has 0 radical (unpaired) electrons. The Morgan fingerprint density at radius 2 is 1.88 bits per heavy atom. The minimum absolute atomic E-state index is 0.489. The molecule has 0 saturated carbocycles. The lowest BCUT2D eigenvalue weighted by Crippen LogP contribution is -2.15. The molecule has 0 aliphatic rings. The van der Waals surface area contributed by atoms with Gasteiger partial charge in [0.1, 0.15) is 6.61 Å². The van der Waals surface area contributed by atoms with E-state index in [0.29, 0.717) is 23.1 Å². The van der Waals surface area contributed by atoms with Crippen LogP contribution in [0.4, 0.5) is 0 Å². The van der Waals surface area contributed by atoms with E-state index in [0.717, 1.165) is 24.2 Å². The lowest BCUT2D eigenvalue weighted by atomic mass is 10.1.